The number of para-hydroxylation sites is 2. The van der Waals surface area contributed by atoms with Gasteiger partial charge < -0.3 is 25.1 Å². The fourth-order valence-electron chi connectivity index (χ4n) is 3.23. The van der Waals surface area contributed by atoms with E-state index in [-0.39, 0.29) is 18.4 Å². The molecular weight excluding hydrogens is 430 g/mol. The van der Waals surface area contributed by atoms with Crippen LogP contribution in [0.3, 0.4) is 0 Å². The predicted octanol–water partition coefficient (Wildman–Crippen LogP) is 4.84. The lowest BCUT2D eigenvalue weighted by Crippen LogP contribution is -2.23. The van der Waals surface area contributed by atoms with Crippen molar-refractivity contribution in [1.82, 2.24) is 5.32 Å². The molecule has 1 aromatic heterocycles. The molecule has 0 bridgehead atoms. The molecule has 0 saturated carbocycles. The molecule has 34 heavy (non-hydrogen) atoms. The summed E-state index contributed by atoms with van der Waals surface area (Å²) in [6.07, 6.45) is 1.56. The van der Waals surface area contributed by atoms with Gasteiger partial charge >= 0.3 is 0 Å². The van der Waals surface area contributed by atoms with E-state index in [1.54, 1.807) is 48.7 Å². The van der Waals surface area contributed by atoms with Crippen molar-refractivity contribution in [2.75, 3.05) is 17.2 Å². The van der Waals surface area contributed by atoms with Gasteiger partial charge in [0.25, 0.3) is 5.91 Å². The summed E-state index contributed by atoms with van der Waals surface area (Å²) in [5.74, 6) is 0.873. The molecule has 0 fully saturated rings. The number of carbonyl (C=O) groups excluding carboxylic acids is 2. The zero-order chi connectivity index (χ0) is 23.6. The fraction of sp³-hybridized carbons (Fsp3) is 0.111. The highest BCUT2D eigenvalue weighted by Gasteiger charge is 2.09. The summed E-state index contributed by atoms with van der Waals surface area (Å²) in [5, 5.41) is 8.74. The SMILES string of the molecule is O=C(CNc1ccc(C(=O)NCc2ccco2)cc1)Nc1ccccc1OCc1ccccc1. The lowest BCUT2D eigenvalue weighted by Gasteiger charge is -2.13. The Kier molecular flexibility index (Phi) is 7.58. The van der Waals surface area contributed by atoms with E-state index in [9.17, 15) is 9.59 Å². The molecule has 4 rings (SSSR count). The average molecular weight is 456 g/mol. The van der Waals surface area contributed by atoms with Gasteiger partial charge in [-0.3, -0.25) is 9.59 Å². The molecule has 3 aromatic carbocycles. The zero-order valence-electron chi connectivity index (χ0n) is 18.5. The van der Waals surface area contributed by atoms with Crippen LogP contribution in [0.5, 0.6) is 5.75 Å². The third-order valence-corrected chi connectivity index (χ3v) is 5.00. The number of nitrogens with one attached hydrogen (secondary N) is 3. The summed E-state index contributed by atoms with van der Waals surface area (Å²) in [5.41, 5.74) is 2.90. The molecule has 0 spiro atoms. The highest BCUT2D eigenvalue weighted by Crippen LogP contribution is 2.24. The van der Waals surface area contributed by atoms with Gasteiger partial charge in [0.1, 0.15) is 18.1 Å². The summed E-state index contributed by atoms with van der Waals surface area (Å²) < 4.78 is 11.1. The number of ether oxygens (including phenoxy) is 1. The van der Waals surface area contributed by atoms with Gasteiger partial charge in [0.2, 0.25) is 5.91 Å². The largest absolute Gasteiger partial charge is 0.487 e. The number of furan rings is 1. The van der Waals surface area contributed by atoms with Crippen molar-refractivity contribution in [3.63, 3.8) is 0 Å². The van der Waals surface area contributed by atoms with Gasteiger partial charge in [-0.2, -0.15) is 0 Å². The van der Waals surface area contributed by atoms with Crippen molar-refractivity contribution in [3.05, 3.63) is 114 Å². The van der Waals surface area contributed by atoms with E-state index >= 15 is 0 Å². The maximum absolute atomic E-state index is 12.5. The first-order chi connectivity index (χ1) is 16.7. The molecule has 4 aromatic rings. The second kappa shape index (κ2) is 11.4. The summed E-state index contributed by atoms with van der Waals surface area (Å²) in [6.45, 7) is 0.799. The standard InChI is InChI=1S/C27H25N3O4/c31-26(30-24-10-4-5-11-25(24)34-19-20-7-2-1-3-8-20)18-28-22-14-12-21(13-15-22)27(32)29-17-23-9-6-16-33-23/h1-16,28H,17-19H2,(H,29,32)(H,30,31). The molecule has 172 valence electrons. The molecule has 2 amide bonds. The Balaban J connectivity index is 1.26. The van der Waals surface area contributed by atoms with E-state index in [0.717, 1.165) is 11.3 Å². The fourth-order valence-corrected chi connectivity index (χ4v) is 3.23. The topological polar surface area (TPSA) is 92.6 Å². The van der Waals surface area contributed by atoms with Crippen LogP contribution in [0.15, 0.2) is 102 Å². The van der Waals surface area contributed by atoms with Crippen molar-refractivity contribution in [2.45, 2.75) is 13.2 Å². The Bertz CT molecular complexity index is 1210. The molecule has 0 unspecified atom stereocenters. The molecular formula is C27H25N3O4. The van der Waals surface area contributed by atoms with Crippen LogP contribution in [0.2, 0.25) is 0 Å². The van der Waals surface area contributed by atoms with Gasteiger partial charge in [0, 0.05) is 11.3 Å². The number of carbonyl (C=O) groups is 2. The maximum atomic E-state index is 12.5. The van der Waals surface area contributed by atoms with Crippen molar-refractivity contribution < 1.29 is 18.7 Å². The number of rotatable bonds is 10. The maximum Gasteiger partial charge on any atom is 0.251 e. The minimum absolute atomic E-state index is 0.0665. The molecule has 0 saturated heterocycles. The first kappa shape index (κ1) is 22.7. The van der Waals surface area contributed by atoms with E-state index in [2.05, 4.69) is 16.0 Å². The van der Waals surface area contributed by atoms with Crippen LogP contribution in [0.25, 0.3) is 0 Å². The molecule has 0 aliphatic rings. The van der Waals surface area contributed by atoms with Crippen LogP contribution < -0.4 is 20.7 Å². The lowest BCUT2D eigenvalue weighted by atomic mass is 10.2. The number of hydrogen-bond acceptors (Lipinski definition) is 5. The van der Waals surface area contributed by atoms with Gasteiger partial charge in [-0.05, 0) is 54.1 Å². The van der Waals surface area contributed by atoms with E-state index in [0.29, 0.717) is 35.9 Å². The van der Waals surface area contributed by atoms with Crippen LogP contribution in [-0.4, -0.2) is 18.4 Å². The van der Waals surface area contributed by atoms with Gasteiger partial charge in [-0.25, -0.2) is 0 Å². The quantitative estimate of drug-likeness (QED) is 0.318. The Labute approximate surface area is 197 Å². The Morgan fingerprint density at radius 3 is 2.35 bits per heavy atom. The van der Waals surface area contributed by atoms with Crippen LogP contribution in [-0.2, 0) is 17.9 Å². The molecule has 0 aliphatic carbocycles. The van der Waals surface area contributed by atoms with Crippen LogP contribution >= 0.6 is 0 Å². The minimum atomic E-state index is -0.212. The second-order valence-corrected chi connectivity index (χ2v) is 7.51. The normalized spacial score (nSPS) is 10.4. The zero-order valence-corrected chi connectivity index (χ0v) is 18.5. The number of anilines is 2. The van der Waals surface area contributed by atoms with Gasteiger partial charge in [0.05, 0.1) is 25.0 Å². The molecule has 0 atom stereocenters. The van der Waals surface area contributed by atoms with E-state index < -0.39 is 0 Å². The van der Waals surface area contributed by atoms with E-state index in [4.69, 9.17) is 9.15 Å². The highest BCUT2D eigenvalue weighted by atomic mass is 16.5. The van der Waals surface area contributed by atoms with Crippen molar-refractivity contribution in [3.8, 4) is 5.75 Å². The van der Waals surface area contributed by atoms with Crippen LogP contribution in [0.1, 0.15) is 21.7 Å². The summed E-state index contributed by atoms with van der Waals surface area (Å²) >= 11 is 0. The third kappa shape index (κ3) is 6.49. The van der Waals surface area contributed by atoms with Crippen LogP contribution in [0, 0.1) is 0 Å². The monoisotopic (exact) mass is 455 g/mol. The number of amides is 2. The summed E-state index contributed by atoms with van der Waals surface area (Å²) in [4.78, 5) is 24.7. The molecule has 3 N–H and O–H groups in total. The van der Waals surface area contributed by atoms with Crippen molar-refractivity contribution >= 4 is 23.2 Å². The Morgan fingerprint density at radius 2 is 1.59 bits per heavy atom. The first-order valence-corrected chi connectivity index (χ1v) is 10.9. The highest BCUT2D eigenvalue weighted by molar-refractivity contribution is 5.96. The average Bonchev–Trinajstić information content (AvgIpc) is 3.40. The summed E-state index contributed by atoms with van der Waals surface area (Å²) in [6, 6.07) is 27.6. The van der Waals surface area contributed by atoms with Gasteiger partial charge in [-0.15, -0.1) is 0 Å². The third-order valence-electron chi connectivity index (χ3n) is 5.00. The van der Waals surface area contributed by atoms with Gasteiger partial charge in [-0.1, -0.05) is 42.5 Å². The first-order valence-electron chi connectivity index (χ1n) is 10.9. The predicted molar refractivity (Wildman–Crippen MR) is 131 cm³/mol. The van der Waals surface area contributed by atoms with E-state index in [1.807, 2.05) is 48.5 Å². The minimum Gasteiger partial charge on any atom is -0.487 e. The Hall–Kier alpha value is -4.52. The van der Waals surface area contributed by atoms with Crippen LogP contribution in [0.4, 0.5) is 11.4 Å². The summed E-state index contributed by atoms with van der Waals surface area (Å²) in [7, 11) is 0. The van der Waals surface area contributed by atoms with Gasteiger partial charge in [0.15, 0.2) is 0 Å². The number of hydrogen-bond donors (Lipinski definition) is 3. The smallest absolute Gasteiger partial charge is 0.251 e. The second-order valence-electron chi connectivity index (χ2n) is 7.51. The van der Waals surface area contributed by atoms with Crippen molar-refractivity contribution in [1.29, 1.82) is 0 Å². The van der Waals surface area contributed by atoms with E-state index in [1.165, 1.54) is 0 Å². The molecule has 1 heterocycles. The number of benzene rings is 3. The van der Waals surface area contributed by atoms with Crippen molar-refractivity contribution in [2.24, 2.45) is 0 Å². The molecule has 0 radical (unpaired) electrons. The molecule has 0 aliphatic heterocycles. The molecule has 7 nitrogen and oxygen atoms in total. The Morgan fingerprint density at radius 1 is 0.824 bits per heavy atom. The molecule has 7 heteroatoms. The lowest BCUT2D eigenvalue weighted by molar-refractivity contribution is -0.114.